The van der Waals surface area contributed by atoms with Gasteiger partial charge in [0.1, 0.15) is 0 Å². The number of likely N-dealkylation sites (tertiary alicyclic amines) is 1. The highest BCUT2D eigenvalue weighted by molar-refractivity contribution is 5.49. The van der Waals surface area contributed by atoms with Crippen molar-refractivity contribution in [3.05, 3.63) is 47.2 Å². The molecule has 192 valence electrons. The summed E-state index contributed by atoms with van der Waals surface area (Å²) in [5, 5.41) is 6.57. The van der Waals surface area contributed by atoms with Crippen molar-refractivity contribution in [2.45, 2.75) is 36.8 Å². The van der Waals surface area contributed by atoms with Gasteiger partial charge in [-0.3, -0.25) is 14.8 Å². The second-order valence-electron chi connectivity index (χ2n) is 8.59. The molecule has 3 atom stereocenters. The highest BCUT2D eigenvalue weighted by Crippen LogP contribution is 2.41. The van der Waals surface area contributed by atoms with Gasteiger partial charge in [-0.15, -0.1) is 5.10 Å². The molecule has 2 aromatic rings. The fourth-order valence-electron chi connectivity index (χ4n) is 4.72. The number of alkyl halides is 6. The van der Waals surface area contributed by atoms with Crippen LogP contribution in [-0.4, -0.2) is 78.2 Å². The van der Waals surface area contributed by atoms with E-state index in [9.17, 15) is 31.1 Å². The molecule has 0 radical (unpaired) electrons. The average molecular weight is 506 g/mol. The molecule has 0 spiro atoms. The van der Waals surface area contributed by atoms with E-state index in [-0.39, 0.29) is 18.3 Å². The van der Waals surface area contributed by atoms with E-state index in [4.69, 9.17) is 9.47 Å². The van der Waals surface area contributed by atoms with Crippen molar-refractivity contribution in [3.63, 3.8) is 0 Å². The number of benzene rings is 1. The van der Waals surface area contributed by atoms with Crippen molar-refractivity contribution in [2.75, 3.05) is 39.5 Å². The number of morpholine rings is 1. The predicted octanol–water partition coefficient (Wildman–Crippen LogP) is 3.76. The lowest BCUT2D eigenvalue weighted by Crippen LogP contribution is -2.58. The number of nitrogens with zero attached hydrogens (tertiary/aromatic N) is 3. The normalized spacial score (nSPS) is 24.4. The lowest BCUT2D eigenvalue weighted by Gasteiger charge is -2.48. The zero-order valence-corrected chi connectivity index (χ0v) is 18.5. The Morgan fingerprint density at radius 2 is 1.80 bits per heavy atom. The first-order valence-corrected chi connectivity index (χ1v) is 11.0. The van der Waals surface area contributed by atoms with Crippen LogP contribution in [-0.2, 0) is 15.7 Å². The van der Waals surface area contributed by atoms with Crippen LogP contribution >= 0.6 is 0 Å². The maximum Gasteiger partial charge on any atom is 0.422 e. The Hall–Kier alpha value is -2.80. The van der Waals surface area contributed by atoms with Crippen molar-refractivity contribution >= 4 is 6.41 Å². The standard InChI is InChI=1S/C22H24F6N4O3/c23-21(24,25)12-35-19-10-18(29-30-19)17-9-15(14-1-3-16(4-2-14)22(26,27)28)11-32(13-33)20(17)31-5-7-34-8-6-31/h1-4,10,13,15,17,20H,5-9,11-12H2,(H,29,30). The zero-order valence-electron chi connectivity index (χ0n) is 18.5. The minimum absolute atomic E-state index is 0.229. The molecule has 2 saturated heterocycles. The molecule has 13 heteroatoms. The molecule has 0 aliphatic carbocycles. The molecule has 0 saturated carbocycles. The molecule has 3 unspecified atom stereocenters. The largest absolute Gasteiger partial charge is 0.467 e. The number of H-pyrrole nitrogens is 1. The molecule has 2 aliphatic rings. The van der Waals surface area contributed by atoms with E-state index in [1.807, 2.05) is 0 Å². The molecule has 3 heterocycles. The minimum atomic E-state index is -4.53. The van der Waals surface area contributed by atoms with Crippen molar-refractivity contribution < 1.29 is 40.6 Å². The minimum Gasteiger partial charge on any atom is -0.467 e. The summed E-state index contributed by atoms with van der Waals surface area (Å²) in [6, 6.07) is 6.18. The maximum atomic E-state index is 13.0. The van der Waals surface area contributed by atoms with E-state index in [0.717, 1.165) is 12.1 Å². The fourth-order valence-corrected chi connectivity index (χ4v) is 4.72. The van der Waals surface area contributed by atoms with Gasteiger partial charge in [-0.1, -0.05) is 12.1 Å². The first kappa shape index (κ1) is 25.3. The van der Waals surface area contributed by atoms with Gasteiger partial charge in [-0.25, -0.2) is 0 Å². The lowest BCUT2D eigenvalue weighted by atomic mass is 9.80. The van der Waals surface area contributed by atoms with Crippen LogP contribution in [0.4, 0.5) is 26.3 Å². The summed E-state index contributed by atoms with van der Waals surface area (Å²) in [7, 11) is 0. The van der Waals surface area contributed by atoms with Gasteiger partial charge >= 0.3 is 12.4 Å². The average Bonchev–Trinajstić information content (AvgIpc) is 3.31. The topological polar surface area (TPSA) is 70.7 Å². The first-order chi connectivity index (χ1) is 16.5. The third-order valence-corrected chi connectivity index (χ3v) is 6.29. The summed E-state index contributed by atoms with van der Waals surface area (Å²) in [4.78, 5) is 15.8. The number of carbonyl (C=O) groups excluding carboxylic acids is 1. The number of aromatic nitrogens is 2. The monoisotopic (exact) mass is 506 g/mol. The van der Waals surface area contributed by atoms with Crippen LogP contribution in [0, 0.1) is 0 Å². The molecular formula is C22H24F6N4O3. The number of hydrogen-bond acceptors (Lipinski definition) is 5. The molecule has 2 fully saturated rings. The molecule has 4 rings (SSSR count). The lowest BCUT2D eigenvalue weighted by molar-refractivity contribution is -0.154. The van der Waals surface area contributed by atoms with Gasteiger partial charge in [0.15, 0.2) is 6.61 Å². The Balaban J connectivity index is 1.62. The van der Waals surface area contributed by atoms with Gasteiger partial charge in [0, 0.05) is 43.2 Å². The molecule has 1 N–H and O–H groups in total. The maximum absolute atomic E-state index is 13.0. The number of piperidine rings is 1. The number of aromatic amines is 1. The van der Waals surface area contributed by atoms with Gasteiger partial charge in [-0.05, 0) is 24.1 Å². The van der Waals surface area contributed by atoms with E-state index in [2.05, 4.69) is 15.1 Å². The quantitative estimate of drug-likeness (QED) is 0.478. The van der Waals surface area contributed by atoms with E-state index in [0.29, 0.717) is 50.4 Å². The second kappa shape index (κ2) is 10.1. The first-order valence-electron chi connectivity index (χ1n) is 11.0. The smallest absolute Gasteiger partial charge is 0.422 e. The summed E-state index contributed by atoms with van der Waals surface area (Å²) in [6.07, 6.45) is -8.30. The van der Waals surface area contributed by atoms with Gasteiger partial charge in [-0.2, -0.15) is 26.3 Å². The number of halogens is 6. The second-order valence-corrected chi connectivity index (χ2v) is 8.59. The van der Waals surface area contributed by atoms with Crippen molar-refractivity contribution in [1.82, 2.24) is 20.0 Å². The van der Waals surface area contributed by atoms with Gasteiger partial charge < -0.3 is 14.4 Å². The third kappa shape index (κ3) is 6.07. The Morgan fingerprint density at radius 1 is 1.11 bits per heavy atom. The summed E-state index contributed by atoms with van der Waals surface area (Å²) in [6.45, 7) is 0.787. The molecule has 7 nitrogen and oxygen atoms in total. The van der Waals surface area contributed by atoms with E-state index in [1.165, 1.54) is 18.2 Å². The SMILES string of the molecule is O=CN1CC(c2ccc(C(F)(F)F)cc2)CC(c2cc(OCC(F)(F)F)n[nH]2)C1N1CCOCC1. The highest BCUT2D eigenvalue weighted by atomic mass is 19.4. The van der Waals surface area contributed by atoms with Crippen LogP contribution in [0.3, 0.4) is 0 Å². The number of hydrogen-bond donors (Lipinski definition) is 1. The van der Waals surface area contributed by atoms with E-state index in [1.54, 1.807) is 4.90 Å². The van der Waals surface area contributed by atoms with Crippen LogP contribution in [0.15, 0.2) is 30.3 Å². The fraction of sp³-hybridized carbons (Fsp3) is 0.545. The number of amides is 1. The predicted molar refractivity (Wildman–Crippen MR) is 111 cm³/mol. The van der Waals surface area contributed by atoms with Gasteiger partial charge in [0.25, 0.3) is 0 Å². The Kier molecular flexibility index (Phi) is 7.27. The molecule has 1 aromatic heterocycles. The molecule has 35 heavy (non-hydrogen) atoms. The van der Waals surface area contributed by atoms with Crippen LogP contribution < -0.4 is 4.74 Å². The third-order valence-electron chi connectivity index (χ3n) is 6.29. The molecule has 0 bridgehead atoms. The molecule has 1 amide bonds. The number of carbonyl (C=O) groups is 1. The van der Waals surface area contributed by atoms with Crippen molar-refractivity contribution in [1.29, 1.82) is 0 Å². The molecular weight excluding hydrogens is 482 g/mol. The van der Waals surface area contributed by atoms with Crippen LogP contribution in [0.1, 0.15) is 35.1 Å². The van der Waals surface area contributed by atoms with Crippen LogP contribution in [0.2, 0.25) is 0 Å². The van der Waals surface area contributed by atoms with E-state index >= 15 is 0 Å². The number of nitrogens with one attached hydrogen (secondary N) is 1. The van der Waals surface area contributed by atoms with E-state index < -0.39 is 36.6 Å². The van der Waals surface area contributed by atoms with Crippen LogP contribution in [0.5, 0.6) is 5.88 Å². The van der Waals surface area contributed by atoms with Crippen molar-refractivity contribution in [2.24, 2.45) is 0 Å². The Morgan fingerprint density at radius 3 is 2.40 bits per heavy atom. The van der Waals surface area contributed by atoms with Crippen LogP contribution in [0.25, 0.3) is 0 Å². The van der Waals surface area contributed by atoms with Crippen molar-refractivity contribution in [3.8, 4) is 5.88 Å². The summed E-state index contributed by atoms with van der Waals surface area (Å²) < 4.78 is 86.8. The van der Waals surface area contributed by atoms with Gasteiger partial charge in [0.05, 0.1) is 24.9 Å². The summed E-state index contributed by atoms with van der Waals surface area (Å²) in [5.41, 5.74) is 0.331. The van der Waals surface area contributed by atoms with Gasteiger partial charge in [0.2, 0.25) is 12.3 Å². The zero-order chi connectivity index (χ0) is 25.2. The number of rotatable bonds is 6. The summed E-state index contributed by atoms with van der Waals surface area (Å²) in [5.74, 6) is -0.935. The molecule has 2 aliphatic heterocycles. The Bertz CT molecular complexity index is 988. The Labute approximate surface area is 197 Å². The number of ether oxygens (including phenoxy) is 2. The molecule has 1 aromatic carbocycles. The highest BCUT2D eigenvalue weighted by Gasteiger charge is 2.42. The summed E-state index contributed by atoms with van der Waals surface area (Å²) >= 11 is 0.